The molecule has 0 bridgehead atoms. The molecule has 0 aliphatic carbocycles. The van der Waals surface area contributed by atoms with Crippen molar-refractivity contribution >= 4 is 17.8 Å². The van der Waals surface area contributed by atoms with Crippen LogP contribution in [0, 0.1) is 0 Å². The Kier molecular flexibility index (Phi) is 2.36. The normalized spacial score (nSPS) is 21.6. The minimum Gasteiger partial charge on any atom is -0.481 e. The van der Waals surface area contributed by atoms with Crippen molar-refractivity contribution in [1.82, 2.24) is 10.6 Å². The third-order valence-corrected chi connectivity index (χ3v) is 1.83. The number of carbonyl (C=O) groups is 3. The maximum absolute atomic E-state index is 12.3. The second-order valence-electron chi connectivity index (χ2n) is 3.36. The van der Waals surface area contributed by atoms with Crippen LogP contribution in [0.15, 0.2) is 30.2 Å². The Bertz CT molecular complexity index is 906. The summed E-state index contributed by atoms with van der Waals surface area (Å²) < 4.78 is 83.3. The van der Waals surface area contributed by atoms with Gasteiger partial charge in [0.2, 0.25) is 11.8 Å². The van der Waals surface area contributed by atoms with Crippen LogP contribution in [-0.4, -0.2) is 28.9 Å². The maximum Gasteiger partial charge on any atom is 0.303 e. The van der Waals surface area contributed by atoms with E-state index >= 15 is 0 Å². The van der Waals surface area contributed by atoms with Crippen molar-refractivity contribution in [3.8, 4) is 0 Å². The van der Waals surface area contributed by atoms with E-state index in [1.54, 1.807) is 10.6 Å². The van der Waals surface area contributed by atoms with Gasteiger partial charge in [-0.25, -0.2) is 0 Å². The molecule has 0 aromatic heterocycles. The van der Waals surface area contributed by atoms with Crippen molar-refractivity contribution in [2.45, 2.75) is 32.2 Å². The van der Waals surface area contributed by atoms with Crippen molar-refractivity contribution in [1.29, 1.82) is 0 Å². The third kappa shape index (κ3) is 5.99. The van der Waals surface area contributed by atoms with E-state index in [0.29, 0.717) is 0 Å². The molecule has 0 spiro atoms. The lowest BCUT2D eigenvalue weighted by molar-refractivity contribution is -0.139. The molecular formula is C14H18N2O4. The fourth-order valence-corrected chi connectivity index (χ4v) is 0.953. The van der Waals surface area contributed by atoms with Gasteiger partial charge < -0.3 is 15.7 Å². The lowest BCUT2D eigenvalue weighted by atomic mass is 10.2. The number of hydrogen-bond acceptors (Lipinski definition) is 3. The van der Waals surface area contributed by atoms with Crippen LogP contribution in [0.3, 0.4) is 0 Å². The molecule has 0 radical (unpaired) electrons. The second-order valence-corrected chi connectivity index (χ2v) is 3.36. The van der Waals surface area contributed by atoms with E-state index in [0.717, 1.165) is 6.92 Å². The molecule has 108 valence electrons. The molecule has 0 aliphatic heterocycles. The topological polar surface area (TPSA) is 95.5 Å². The zero-order chi connectivity index (χ0) is 24.7. The van der Waals surface area contributed by atoms with Gasteiger partial charge in [0.25, 0.3) is 0 Å². The van der Waals surface area contributed by atoms with Crippen molar-refractivity contribution in [3.05, 3.63) is 35.8 Å². The molecule has 20 heavy (non-hydrogen) atoms. The van der Waals surface area contributed by atoms with Crippen LogP contribution in [-0.2, 0) is 20.9 Å². The Morgan fingerprint density at radius 2 is 1.95 bits per heavy atom. The van der Waals surface area contributed by atoms with E-state index in [1.807, 2.05) is 0 Å². The highest BCUT2D eigenvalue weighted by Gasteiger charge is 2.15. The molecule has 1 aromatic rings. The summed E-state index contributed by atoms with van der Waals surface area (Å²) in [6, 6.07) is -6.03. The van der Waals surface area contributed by atoms with Crippen molar-refractivity contribution in [2.24, 2.45) is 0 Å². The maximum atomic E-state index is 12.3. The first-order chi connectivity index (χ1) is 13.8. The van der Waals surface area contributed by atoms with E-state index in [-0.39, 0.29) is 0 Å². The molecule has 0 fully saturated rings. The smallest absolute Gasteiger partial charge is 0.303 e. The quantitative estimate of drug-likeness (QED) is 0.687. The van der Waals surface area contributed by atoms with Gasteiger partial charge in [-0.3, -0.25) is 14.4 Å². The van der Waals surface area contributed by atoms with Crippen LogP contribution in [0.1, 0.15) is 40.3 Å². The molecule has 2 amide bonds. The summed E-state index contributed by atoms with van der Waals surface area (Å²) in [4.78, 5) is 35.2. The monoisotopic (exact) mass is 289 g/mol. The van der Waals surface area contributed by atoms with E-state index in [2.05, 4.69) is 0 Å². The average Bonchev–Trinajstić information content (AvgIpc) is 2.63. The van der Waals surface area contributed by atoms with Crippen molar-refractivity contribution in [2.75, 3.05) is 0 Å². The van der Waals surface area contributed by atoms with Gasteiger partial charge in [-0.2, -0.15) is 0 Å². The molecule has 0 aliphatic rings. The summed E-state index contributed by atoms with van der Waals surface area (Å²) in [6.07, 6.45) is -7.24. The van der Waals surface area contributed by atoms with Crippen LogP contribution in [0.5, 0.6) is 0 Å². The lowest BCUT2D eigenvalue weighted by Crippen LogP contribution is -2.44. The molecular weight excluding hydrogens is 260 g/mol. The molecule has 0 unspecified atom stereocenters. The fraction of sp³-hybridized carbons (Fsp3) is 0.357. The molecule has 0 saturated carbocycles. The first kappa shape index (κ1) is 5.95. The van der Waals surface area contributed by atoms with Crippen LogP contribution < -0.4 is 10.6 Å². The largest absolute Gasteiger partial charge is 0.481 e. The van der Waals surface area contributed by atoms with Gasteiger partial charge in [0.05, 0.1) is 16.0 Å². The van der Waals surface area contributed by atoms with Gasteiger partial charge in [-0.1, -0.05) is 30.2 Å². The summed E-state index contributed by atoms with van der Waals surface area (Å²) in [7, 11) is 0. The van der Waals surface area contributed by atoms with Gasteiger partial charge >= 0.3 is 5.97 Å². The summed E-state index contributed by atoms with van der Waals surface area (Å²) in [6.45, 7) is -2.06. The van der Waals surface area contributed by atoms with Crippen LogP contribution >= 0.6 is 0 Å². The Hall–Kier alpha value is -2.37. The molecule has 0 heterocycles. The molecule has 1 rings (SSSR count). The molecule has 1 atom stereocenters. The van der Waals surface area contributed by atoms with Gasteiger partial charge in [-0.05, 0) is 12.5 Å². The van der Waals surface area contributed by atoms with E-state index < -0.39 is 78.8 Å². The fourth-order valence-electron chi connectivity index (χ4n) is 0.953. The van der Waals surface area contributed by atoms with Gasteiger partial charge in [0.15, 0.2) is 0 Å². The van der Waals surface area contributed by atoms with Crippen molar-refractivity contribution < 1.29 is 34.6 Å². The highest BCUT2D eigenvalue weighted by Crippen LogP contribution is 1.98. The van der Waals surface area contributed by atoms with E-state index in [9.17, 15) is 14.4 Å². The number of nitrogens with one attached hydrogen (secondary N) is 2. The summed E-state index contributed by atoms with van der Waals surface area (Å²) in [5, 5.41) is 12.2. The van der Waals surface area contributed by atoms with Crippen molar-refractivity contribution in [3.63, 3.8) is 0 Å². The van der Waals surface area contributed by atoms with E-state index in [4.69, 9.17) is 20.2 Å². The number of carbonyl (C=O) groups excluding carboxylic acids is 2. The minimum absolute atomic E-state index is 0.781. The number of benzene rings is 1. The Balaban J connectivity index is 3.14. The van der Waals surface area contributed by atoms with Crippen LogP contribution in [0.2, 0.25) is 0 Å². The van der Waals surface area contributed by atoms with Crippen LogP contribution in [0.25, 0.3) is 0 Å². The predicted molar refractivity (Wildman–Crippen MR) is 72.8 cm³/mol. The number of aliphatic carboxylic acids is 1. The molecule has 6 nitrogen and oxygen atoms in total. The predicted octanol–water partition coefficient (Wildman–Crippen LogP) is 0.672. The van der Waals surface area contributed by atoms with Gasteiger partial charge in [0.1, 0.15) is 6.04 Å². The van der Waals surface area contributed by atoms with Gasteiger partial charge in [0, 0.05) is 18.4 Å². The average molecular weight is 289 g/mol. The Morgan fingerprint density at radius 3 is 2.55 bits per heavy atom. The number of carboxylic acid groups (broad SMARTS) is 1. The van der Waals surface area contributed by atoms with E-state index in [1.165, 1.54) is 0 Å². The summed E-state index contributed by atoms with van der Waals surface area (Å²) >= 11 is 0. The number of amides is 2. The molecule has 0 saturated heterocycles. The standard InChI is InChI=1S/C14H18N2O4/c1-10(16-12(17)7-8-13(18)19)14(20)15-9-11-5-3-2-4-6-11/h2-6,10H,7-9H2,1H3,(H,15,20)(H,16,17)(H,18,19)/t10-/m1/s1/i2D,3D,4D,5D,6D,7D2,8D2,9D2. The summed E-state index contributed by atoms with van der Waals surface area (Å²) in [5.74, 6) is -5.38. The first-order valence-electron chi connectivity index (χ1n) is 10.7. The zero-order valence-electron chi connectivity index (χ0n) is 21.2. The molecule has 6 heteroatoms. The van der Waals surface area contributed by atoms with Gasteiger partial charge in [-0.15, -0.1) is 0 Å². The highest BCUT2D eigenvalue weighted by atomic mass is 16.4. The molecule has 3 N–H and O–H groups in total. The second kappa shape index (κ2) is 7.93. The number of rotatable bonds is 7. The first-order valence-corrected chi connectivity index (χ1v) is 5.24. The number of hydrogen-bond donors (Lipinski definition) is 3. The highest BCUT2D eigenvalue weighted by molar-refractivity contribution is 5.88. The molecule has 1 aromatic carbocycles. The third-order valence-electron chi connectivity index (χ3n) is 1.83. The lowest BCUT2D eigenvalue weighted by Gasteiger charge is -2.13. The Morgan fingerprint density at radius 1 is 1.30 bits per heavy atom. The zero-order valence-corrected chi connectivity index (χ0v) is 10.2. The van der Waals surface area contributed by atoms with Crippen LogP contribution in [0.4, 0.5) is 0 Å². The minimum atomic E-state index is -3.64. The summed E-state index contributed by atoms with van der Waals surface area (Å²) in [5.41, 5.74) is -0.886. The Labute approximate surface area is 132 Å². The number of carboxylic acids is 1. The SMILES string of the molecule is [2H]c1c([2H])c([2H])c(C([2H])([2H])NC(=O)[C@@H](C)NC(=O)C([2H])([2H])C([2H])([2H])C(=O)O)c([2H])c1[2H].